The third-order valence-electron chi connectivity index (χ3n) is 4.07. The molecule has 1 aromatic heterocycles. The molecule has 0 unspecified atom stereocenters. The summed E-state index contributed by atoms with van der Waals surface area (Å²) in [5.74, 6) is -0.0519. The Morgan fingerprint density at radius 2 is 2.32 bits per heavy atom. The maximum Gasteiger partial charge on any atom is 0.247 e. The molecule has 1 atom stereocenters. The number of benzene rings is 1. The summed E-state index contributed by atoms with van der Waals surface area (Å²) < 4.78 is 0. The molecule has 1 saturated heterocycles. The first-order valence-corrected chi connectivity index (χ1v) is 7.73. The number of anilines is 1. The summed E-state index contributed by atoms with van der Waals surface area (Å²) >= 11 is 0. The Hall–Kier alpha value is -2.37. The number of hydrogen-bond donors (Lipinski definition) is 2. The quantitative estimate of drug-likeness (QED) is 0.909. The van der Waals surface area contributed by atoms with Crippen LogP contribution in [0.4, 0.5) is 5.69 Å². The minimum absolute atomic E-state index is 0.0694. The lowest BCUT2D eigenvalue weighted by Crippen LogP contribution is -2.43. The first kappa shape index (κ1) is 14.6. The van der Waals surface area contributed by atoms with Gasteiger partial charge in [0, 0.05) is 18.4 Å². The number of rotatable bonds is 4. The molecule has 2 N–H and O–H groups in total. The Morgan fingerprint density at radius 1 is 1.45 bits per heavy atom. The van der Waals surface area contributed by atoms with E-state index in [1.165, 1.54) is 0 Å². The smallest absolute Gasteiger partial charge is 0.247 e. The number of carbonyl (C=O) groups excluding carboxylic acids is 2. The molecule has 0 radical (unpaired) electrons. The molecule has 2 aromatic rings. The number of H-pyrrole nitrogens is 1. The third kappa shape index (κ3) is 2.68. The molecular weight excluding hydrogens is 280 g/mol. The van der Waals surface area contributed by atoms with Gasteiger partial charge in [0.05, 0.1) is 17.4 Å². The van der Waals surface area contributed by atoms with E-state index in [1.54, 1.807) is 11.1 Å². The van der Waals surface area contributed by atoms with Crippen molar-refractivity contribution in [1.82, 2.24) is 15.1 Å². The van der Waals surface area contributed by atoms with Gasteiger partial charge in [-0.05, 0) is 25.3 Å². The van der Waals surface area contributed by atoms with Crippen molar-refractivity contribution >= 4 is 28.4 Å². The first-order valence-electron chi connectivity index (χ1n) is 7.73. The fourth-order valence-corrected chi connectivity index (χ4v) is 2.98. The molecule has 1 fully saturated rings. The van der Waals surface area contributed by atoms with E-state index in [9.17, 15) is 9.59 Å². The van der Waals surface area contributed by atoms with Crippen molar-refractivity contribution in [1.29, 1.82) is 0 Å². The molecule has 116 valence electrons. The molecule has 1 aliphatic heterocycles. The number of nitrogens with zero attached hydrogens (tertiary/aromatic N) is 2. The lowest BCUT2D eigenvalue weighted by Gasteiger charge is -2.24. The van der Waals surface area contributed by atoms with Crippen molar-refractivity contribution < 1.29 is 9.59 Å². The Bertz CT molecular complexity index is 694. The topological polar surface area (TPSA) is 78.1 Å². The maximum atomic E-state index is 12.6. The Kier molecular flexibility index (Phi) is 4.09. The van der Waals surface area contributed by atoms with Crippen molar-refractivity contribution in [2.24, 2.45) is 0 Å². The number of aromatic amines is 1. The van der Waals surface area contributed by atoms with Crippen molar-refractivity contribution in [3.63, 3.8) is 0 Å². The third-order valence-corrected chi connectivity index (χ3v) is 4.07. The average molecular weight is 300 g/mol. The highest BCUT2D eigenvalue weighted by Gasteiger charge is 2.33. The zero-order valence-corrected chi connectivity index (χ0v) is 12.6. The summed E-state index contributed by atoms with van der Waals surface area (Å²) in [5, 5.41) is 10.8. The first-order chi connectivity index (χ1) is 10.7. The van der Waals surface area contributed by atoms with Crippen molar-refractivity contribution in [2.45, 2.75) is 38.6 Å². The van der Waals surface area contributed by atoms with Crippen molar-refractivity contribution in [3.8, 4) is 0 Å². The van der Waals surface area contributed by atoms with Gasteiger partial charge in [-0.1, -0.05) is 19.1 Å². The Morgan fingerprint density at radius 3 is 3.14 bits per heavy atom. The van der Waals surface area contributed by atoms with Crippen LogP contribution < -0.4 is 5.32 Å². The van der Waals surface area contributed by atoms with Crippen LogP contribution in [0.3, 0.4) is 0 Å². The minimum Gasteiger partial charge on any atom is -0.331 e. The lowest BCUT2D eigenvalue weighted by molar-refractivity contribution is -0.136. The summed E-state index contributed by atoms with van der Waals surface area (Å²) in [6.07, 6.45) is 4.62. The van der Waals surface area contributed by atoms with Gasteiger partial charge < -0.3 is 10.2 Å². The molecule has 1 aromatic carbocycles. The van der Waals surface area contributed by atoms with Gasteiger partial charge in [0.25, 0.3) is 0 Å². The van der Waals surface area contributed by atoms with Crippen LogP contribution in [0.1, 0.15) is 32.6 Å². The summed E-state index contributed by atoms with van der Waals surface area (Å²) in [6.45, 7) is 2.65. The van der Waals surface area contributed by atoms with Crippen LogP contribution in [0.2, 0.25) is 0 Å². The van der Waals surface area contributed by atoms with Gasteiger partial charge in [0.2, 0.25) is 11.8 Å². The molecule has 0 bridgehead atoms. The number of para-hydroxylation sites is 1. The molecule has 2 heterocycles. The number of nitrogens with one attached hydrogen (secondary N) is 2. The van der Waals surface area contributed by atoms with Crippen LogP contribution in [-0.4, -0.2) is 39.5 Å². The van der Waals surface area contributed by atoms with Gasteiger partial charge >= 0.3 is 0 Å². The molecule has 0 spiro atoms. The van der Waals surface area contributed by atoms with E-state index in [4.69, 9.17) is 0 Å². The highest BCUT2D eigenvalue weighted by molar-refractivity contribution is 6.03. The van der Waals surface area contributed by atoms with E-state index in [-0.39, 0.29) is 17.9 Å². The van der Waals surface area contributed by atoms with Gasteiger partial charge in [-0.2, -0.15) is 5.10 Å². The highest BCUT2D eigenvalue weighted by Crippen LogP contribution is 2.24. The number of likely N-dealkylation sites (tertiary alicyclic amines) is 1. The van der Waals surface area contributed by atoms with Gasteiger partial charge in [0.1, 0.15) is 6.04 Å². The van der Waals surface area contributed by atoms with Crippen LogP contribution in [0.25, 0.3) is 10.9 Å². The van der Waals surface area contributed by atoms with Crippen molar-refractivity contribution in [3.05, 3.63) is 24.4 Å². The molecule has 2 amide bonds. The SMILES string of the molecule is CCCC(=O)N1CCC[C@H]1C(=O)Nc1cccc2cn[nH]c12. The van der Waals surface area contributed by atoms with Crippen LogP contribution in [0, 0.1) is 0 Å². The summed E-state index contributed by atoms with van der Waals surface area (Å²) in [5.41, 5.74) is 1.51. The molecule has 22 heavy (non-hydrogen) atoms. The fraction of sp³-hybridized carbons (Fsp3) is 0.438. The molecule has 1 aliphatic rings. The molecular formula is C16H20N4O2. The molecule has 6 nitrogen and oxygen atoms in total. The second-order valence-corrected chi connectivity index (χ2v) is 5.62. The van der Waals surface area contributed by atoms with E-state index < -0.39 is 0 Å². The second-order valence-electron chi connectivity index (χ2n) is 5.62. The molecule has 0 saturated carbocycles. The molecule has 3 rings (SSSR count). The lowest BCUT2D eigenvalue weighted by atomic mass is 10.1. The van der Waals surface area contributed by atoms with Gasteiger partial charge in [-0.25, -0.2) is 0 Å². The fourth-order valence-electron chi connectivity index (χ4n) is 2.98. The number of carbonyl (C=O) groups is 2. The highest BCUT2D eigenvalue weighted by atomic mass is 16.2. The maximum absolute atomic E-state index is 12.6. The van der Waals surface area contributed by atoms with Crippen LogP contribution in [-0.2, 0) is 9.59 Å². The van der Waals surface area contributed by atoms with E-state index in [1.807, 2.05) is 25.1 Å². The number of hydrogen-bond acceptors (Lipinski definition) is 3. The van der Waals surface area contributed by atoms with Gasteiger partial charge in [-0.3, -0.25) is 14.7 Å². The van der Waals surface area contributed by atoms with Crippen LogP contribution >= 0.6 is 0 Å². The van der Waals surface area contributed by atoms with E-state index >= 15 is 0 Å². The predicted molar refractivity (Wildman–Crippen MR) is 84.4 cm³/mol. The van der Waals surface area contributed by atoms with E-state index in [2.05, 4.69) is 15.5 Å². The van der Waals surface area contributed by atoms with Crippen LogP contribution in [0.15, 0.2) is 24.4 Å². The summed E-state index contributed by atoms with van der Waals surface area (Å²) in [6, 6.07) is 5.28. The monoisotopic (exact) mass is 300 g/mol. The minimum atomic E-state index is -0.364. The van der Waals surface area contributed by atoms with Gasteiger partial charge in [-0.15, -0.1) is 0 Å². The number of aromatic nitrogens is 2. The zero-order valence-electron chi connectivity index (χ0n) is 12.6. The molecule has 6 heteroatoms. The van der Waals surface area contributed by atoms with E-state index in [0.29, 0.717) is 18.7 Å². The number of amides is 2. The molecule has 0 aliphatic carbocycles. The standard InChI is InChI=1S/C16H20N4O2/c1-2-5-14(21)20-9-4-8-13(20)16(22)18-12-7-3-6-11-10-17-19-15(11)12/h3,6-7,10,13H,2,4-5,8-9H2,1H3,(H,17,19)(H,18,22)/t13-/m0/s1. The average Bonchev–Trinajstić information content (AvgIpc) is 3.17. The van der Waals surface area contributed by atoms with Gasteiger partial charge in [0.15, 0.2) is 0 Å². The summed E-state index contributed by atoms with van der Waals surface area (Å²) in [4.78, 5) is 26.4. The van der Waals surface area contributed by atoms with Crippen molar-refractivity contribution in [2.75, 3.05) is 11.9 Å². The van der Waals surface area contributed by atoms with Crippen LogP contribution in [0.5, 0.6) is 0 Å². The largest absolute Gasteiger partial charge is 0.331 e. The summed E-state index contributed by atoms with van der Waals surface area (Å²) in [7, 11) is 0. The Balaban J connectivity index is 1.76. The predicted octanol–water partition coefficient (Wildman–Crippen LogP) is 2.29. The zero-order chi connectivity index (χ0) is 15.5. The number of fused-ring (bicyclic) bond motifs is 1. The normalized spacial score (nSPS) is 17.9. The Labute approximate surface area is 128 Å². The second kappa shape index (κ2) is 6.17. The van der Waals surface area contributed by atoms with E-state index in [0.717, 1.165) is 30.2 Å².